The minimum absolute atomic E-state index is 0.179. The highest BCUT2D eigenvalue weighted by Crippen LogP contribution is 2.19. The summed E-state index contributed by atoms with van der Waals surface area (Å²) in [6.45, 7) is 5.87. The standard InChI is InChI=1S/C24H22N4O2S/c1-14-5-4-6-21(15(14)2)28-23(30)19-8-7-18(13-20(19)27-24(28)31)22(29)26-16(3)17-9-11-25-12-10-17/h4-13,16H,1-3H3,(H,26,29)(H,27,31). The van der Waals surface area contributed by atoms with Crippen molar-refractivity contribution >= 4 is 29.0 Å². The Kier molecular flexibility index (Phi) is 5.52. The number of amides is 1. The van der Waals surface area contributed by atoms with Crippen molar-refractivity contribution in [1.29, 1.82) is 0 Å². The number of H-pyrrole nitrogens is 1. The molecule has 2 aromatic carbocycles. The number of hydrogen-bond acceptors (Lipinski definition) is 4. The molecule has 0 radical (unpaired) electrons. The minimum atomic E-state index is -0.232. The van der Waals surface area contributed by atoms with Gasteiger partial charge < -0.3 is 10.3 Å². The Morgan fingerprint density at radius 2 is 1.87 bits per heavy atom. The highest BCUT2D eigenvalue weighted by molar-refractivity contribution is 7.71. The molecule has 2 heterocycles. The summed E-state index contributed by atoms with van der Waals surface area (Å²) in [6, 6.07) is 14.3. The van der Waals surface area contributed by atoms with E-state index in [0.29, 0.717) is 16.5 Å². The van der Waals surface area contributed by atoms with Gasteiger partial charge in [0.05, 0.1) is 22.6 Å². The number of nitrogens with one attached hydrogen (secondary N) is 2. The Morgan fingerprint density at radius 3 is 2.61 bits per heavy atom. The van der Waals surface area contributed by atoms with Crippen molar-refractivity contribution in [2.75, 3.05) is 0 Å². The van der Waals surface area contributed by atoms with Crippen LogP contribution in [0.2, 0.25) is 0 Å². The molecule has 156 valence electrons. The lowest BCUT2D eigenvalue weighted by Crippen LogP contribution is -2.27. The fraction of sp³-hybridized carbons (Fsp3) is 0.167. The Labute approximate surface area is 184 Å². The van der Waals surface area contributed by atoms with Crippen LogP contribution in [0.3, 0.4) is 0 Å². The zero-order valence-electron chi connectivity index (χ0n) is 17.5. The van der Waals surface area contributed by atoms with Gasteiger partial charge in [-0.25, -0.2) is 0 Å². The molecule has 1 amide bonds. The minimum Gasteiger partial charge on any atom is -0.346 e. The normalized spacial score (nSPS) is 12.0. The van der Waals surface area contributed by atoms with E-state index in [1.807, 2.05) is 51.1 Å². The fourth-order valence-electron chi connectivity index (χ4n) is 3.57. The van der Waals surface area contributed by atoms with Crippen LogP contribution in [0.5, 0.6) is 0 Å². The zero-order valence-corrected chi connectivity index (χ0v) is 18.3. The number of pyridine rings is 1. The van der Waals surface area contributed by atoms with Crippen LogP contribution >= 0.6 is 12.2 Å². The maximum absolute atomic E-state index is 13.2. The molecule has 31 heavy (non-hydrogen) atoms. The molecule has 4 aromatic rings. The quantitative estimate of drug-likeness (QED) is 0.466. The fourth-order valence-corrected chi connectivity index (χ4v) is 3.86. The second kappa shape index (κ2) is 8.28. The maximum Gasteiger partial charge on any atom is 0.266 e. The molecule has 1 unspecified atom stereocenters. The van der Waals surface area contributed by atoms with E-state index in [4.69, 9.17) is 12.2 Å². The predicted octanol–water partition coefficient (Wildman–Crippen LogP) is 4.55. The van der Waals surface area contributed by atoms with Gasteiger partial charge in [-0.05, 0) is 86.1 Å². The lowest BCUT2D eigenvalue weighted by Gasteiger charge is -2.15. The molecule has 7 heteroatoms. The van der Waals surface area contributed by atoms with Crippen molar-refractivity contribution in [2.45, 2.75) is 26.8 Å². The molecule has 0 aliphatic heterocycles. The molecule has 0 aliphatic rings. The third kappa shape index (κ3) is 3.92. The number of carbonyl (C=O) groups excluding carboxylic acids is 1. The van der Waals surface area contributed by atoms with Crippen molar-refractivity contribution in [2.24, 2.45) is 0 Å². The first-order valence-corrected chi connectivity index (χ1v) is 10.3. The van der Waals surface area contributed by atoms with E-state index in [2.05, 4.69) is 15.3 Å². The van der Waals surface area contributed by atoms with Gasteiger partial charge >= 0.3 is 0 Å². The molecular weight excluding hydrogens is 408 g/mol. The zero-order chi connectivity index (χ0) is 22.1. The van der Waals surface area contributed by atoms with Crippen LogP contribution in [-0.4, -0.2) is 20.4 Å². The molecule has 1 atom stereocenters. The average molecular weight is 431 g/mol. The van der Waals surface area contributed by atoms with Gasteiger partial charge in [0.15, 0.2) is 4.77 Å². The van der Waals surface area contributed by atoms with Crippen molar-refractivity contribution in [3.05, 3.63) is 98.3 Å². The molecule has 0 saturated carbocycles. The van der Waals surface area contributed by atoms with Gasteiger partial charge in [0.2, 0.25) is 0 Å². The van der Waals surface area contributed by atoms with E-state index in [9.17, 15) is 9.59 Å². The molecule has 4 rings (SSSR count). The van der Waals surface area contributed by atoms with Crippen LogP contribution in [0.4, 0.5) is 0 Å². The van der Waals surface area contributed by atoms with Crippen molar-refractivity contribution in [1.82, 2.24) is 19.9 Å². The number of fused-ring (bicyclic) bond motifs is 1. The first kappa shape index (κ1) is 20.7. The molecule has 0 spiro atoms. The highest BCUT2D eigenvalue weighted by Gasteiger charge is 2.15. The van der Waals surface area contributed by atoms with Crippen LogP contribution in [0, 0.1) is 18.6 Å². The second-order valence-electron chi connectivity index (χ2n) is 7.53. The van der Waals surface area contributed by atoms with Gasteiger partial charge in [-0.1, -0.05) is 12.1 Å². The molecule has 0 fully saturated rings. The lowest BCUT2D eigenvalue weighted by molar-refractivity contribution is 0.0940. The number of aryl methyl sites for hydroxylation is 1. The number of nitrogens with zero attached hydrogens (tertiary/aromatic N) is 2. The Morgan fingerprint density at radius 1 is 1.13 bits per heavy atom. The summed E-state index contributed by atoms with van der Waals surface area (Å²) < 4.78 is 1.79. The van der Waals surface area contributed by atoms with E-state index < -0.39 is 0 Å². The number of aromatic amines is 1. The summed E-state index contributed by atoms with van der Waals surface area (Å²) in [5.41, 5.74) is 4.54. The SMILES string of the molecule is Cc1cccc(-n2c(=S)[nH]c3cc(C(=O)NC(C)c4ccncc4)ccc3c2=O)c1C. The van der Waals surface area contributed by atoms with Gasteiger partial charge in [0.1, 0.15) is 0 Å². The molecule has 2 N–H and O–H groups in total. The molecule has 6 nitrogen and oxygen atoms in total. The summed E-state index contributed by atoms with van der Waals surface area (Å²) in [4.78, 5) is 33.1. The van der Waals surface area contributed by atoms with Crippen LogP contribution < -0.4 is 10.9 Å². The summed E-state index contributed by atoms with van der Waals surface area (Å²) in [5, 5.41) is 3.43. The van der Waals surface area contributed by atoms with Crippen LogP contribution in [-0.2, 0) is 0 Å². The van der Waals surface area contributed by atoms with Crippen LogP contribution in [0.15, 0.2) is 65.7 Å². The van der Waals surface area contributed by atoms with Gasteiger partial charge in [0.25, 0.3) is 11.5 Å². The third-order valence-electron chi connectivity index (χ3n) is 5.53. The first-order chi connectivity index (χ1) is 14.9. The summed E-state index contributed by atoms with van der Waals surface area (Å²) >= 11 is 5.50. The van der Waals surface area contributed by atoms with E-state index in [0.717, 1.165) is 22.4 Å². The van der Waals surface area contributed by atoms with E-state index in [-0.39, 0.29) is 22.3 Å². The van der Waals surface area contributed by atoms with Gasteiger partial charge in [-0.3, -0.25) is 19.1 Å². The number of hydrogen-bond donors (Lipinski definition) is 2. The maximum atomic E-state index is 13.2. The van der Waals surface area contributed by atoms with Crippen molar-refractivity contribution in [3.63, 3.8) is 0 Å². The van der Waals surface area contributed by atoms with E-state index in [1.54, 1.807) is 30.6 Å². The van der Waals surface area contributed by atoms with E-state index in [1.165, 1.54) is 4.57 Å². The smallest absolute Gasteiger partial charge is 0.266 e. The number of carbonyl (C=O) groups is 1. The van der Waals surface area contributed by atoms with Gasteiger partial charge in [-0.2, -0.15) is 0 Å². The van der Waals surface area contributed by atoms with E-state index >= 15 is 0 Å². The molecule has 0 saturated heterocycles. The third-order valence-corrected chi connectivity index (χ3v) is 5.82. The summed E-state index contributed by atoms with van der Waals surface area (Å²) in [5.74, 6) is -0.232. The number of aromatic nitrogens is 3. The Hall–Kier alpha value is -3.58. The lowest BCUT2D eigenvalue weighted by atomic mass is 10.1. The monoisotopic (exact) mass is 430 g/mol. The molecule has 0 bridgehead atoms. The topological polar surface area (TPSA) is 79.8 Å². The van der Waals surface area contributed by atoms with Crippen molar-refractivity contribution < 1.29 is 4.79 Å². The molecular formula is C24H22N4O2S. The van der Waals surface area contributed by atoms with Gasteiger partial charge in [-0.15, -0.1) is 0 Å². The van der Waals surface area contributed by atoms with Crippen molar-refractivity contribution in [3.8, 4) is 5.69 Å². The Balaban J connectivity index is 1.72. The number of benzene rings is 2. The first-order valence-electron chi connectivity index (χ1n) is 9.93. The summed E-state index contributed by atoms with van der Waals surface area (Å²) in [6.07, 6.45) is 3.38. The average Bonchev–Trinajstić information content (AvgIpc) is 2.76. The van der Waals surface area contributed by atoms with Gasteiger partial charge in [0, 0.05) is 18.0 Å². The molecule has 0 aliphatic carbocycles. The second-order valence-corrected chi connectivity index (χ2v) is 7.91. The summed E-state index contributed by atoms with van der Waals surface area (Å²) in [7, 11) is 0. The highest BCUT2D eigenvalue weighted by atomic mass is 32.1. The molecule has 2 aromatic heterocycles. The Bertz CT molecular complexity index is 1410. The largest absolute Gasteiger partial charge is 0.346 e. The predicted molar refractivity (Wildman–Crippen MR) is 124 cm³/mol. The van der Waals surface area contributed by atoms with Crippen LogP contribution in [0.1, 0.15) is 40.0 Å². The number of rotatable bonds is 4. The van der Waals surface area contributed by atoms with Crippen LogP contribution in [0.25, 0.3) is 16.6 Å².